The molecule has 0 bridgehead atoms. The van der Waals surface area contributed by atoms with Crippen LogP contribution in [-0.2, 0) is 14.8 Å². The summed E-state index contributed by atoms with van der Waals surface area (Å²) in [6, 6.07) is 2.90. The standard InChI is InChI=1S/C20H29FN2O5S/c1-2-16(13-21)15-28-20-6-5-19(14-22-20)29(26,27)23-9-7-17(8-10-23)12-18(25)4-3-11-24/h5-6,13-14,17,24H,2-4,7-12,15H2,1H3/b16-13-. The smallest absolute Gasteiger partial charge is 0.244 e. The molecule has 162 valence electrons. The molecule has 1 N–H and O–H groups in total. The van der Waals surface area contributed by atoms with Gasteiger partial charge in [0, 0.05) is 38.6 Å². The van der Waals surface area contributed by atoms with E-state index in [4.69, 9.17) is 9.84 Å². The third-order valence-corrected chi connectivity index (χ3v) is 6.95. The predicted octanol–water partition coefficient (Wildman–Crippen LogP) is 2.86. The molecule has 0 amide bonds. The van der Waals surface area contributed by atoms with Gasteiger partial charge in [-0.25, -0.2) is 17.8 Å². The molecular weight excluding hydrogens is 399 g/mol. The number of ether oxygens (including phenoxy) is 1. The minimum Gasteiger partial charge on any atom is -0.473 e. The van der Waals surface area contributed by atoms with Crippen LogP contribution in [0.5, 0.6) is 5.88 Å². The number of hydrogen-bond acceptors (Lipinski definition) is 6. The molecule has 9 heteroatoms. The van der Waals surface area contributed by atoms with Gasteiger partial charge < -0.3 is 9.84 Å². The Morgan fingerprint density at radius 2 is 2.10 bits per heavy atom. The van der Waals surface area contributed by atoms with Crippen LogP contribution in [0, 0.1) is 5.92 Å². The summed E-state index contributed by atoms with van der Waals surface area (Å²) in [5.74, 6) is 0.531. The van der Waals surface area contributed by atoms with E-state index in [-0.39, 0.29) is 35.7 Å². The summed E-state index contributed by atoms with van der Waals surface area (Å²) in [7, 11) is -3.66. The number of carbonyl (C=O) groups is 1. The van der Waals surface area contributed by atoms with Gasteiger partial charge in [0.1, 0.15) is 17.3 Å². The van der Waals surface area contributed by atoms with Gasteiger partial charge in [0.25, 0.3) is 0 Å². The van der Waals surface area contributed by atoms with E-state index in [9.17, 15) is 17.6 Å². The summed E-state index contributed by atoms with van der Waals surface area (Å²) in [4.78, 5) is 16.0. The Bertz CT molecular complexity index is 788. The van der Waals surface area contributed by atoms with Crippen LogP contribution in [0.1, 0.15) is 45.4 Å². The first-order valence-electron chi connectivity index (χ1n) is 9.90. The second-order valence-electron chi connectivity index (χ2n) is 7.16. The molecule has 29 heavy (non-hydrogen) atoms. The molecule has 1 aromatic rings. The molecule has 2 rings (SSSR count). The van der Waals surface area contributed by atoms with Gasteiger partial charge in [0.05, 0.1) is 12.5 Å². The molecule has 0 spiro atoms. The lowest BCUT2D eigenvalue weighted by atomic mass is 9.91. The van der Waals surface area contributed by atoms with Crippen molar-refractivity contribution in [2.45, 2.75) is 50.3 Å². The zero-order valence-corrected chi connectivity index (χ0v) is 17.5. The van der Waals surface area contributed by atoms with Gasteiger partial charge in [0.2, 0.25) is 15.9 Å². The quantitative estimate of drug-likeness (QED) is 0.582. The maximum absolute atomic E-state index is 12.8. The molecule has 1 fully saturated rings. The third-order valence-electron chi connectivity index (χ3n) is 5.06. The first-order valence-corrected chi connectivity index (χ1v) is 11.3. The van der Waals surface area contributed by atoms with Crippen LogP contribution in [-0.4, -0.2) is 54.9 Å². The molecule has 1 aliphatic heterocycles. The van der Waals surface area contributed by atoms with Gasteiger partial charge >= 0.3 is 0 Å². The summed E-state index contributed by atoms with van der Waals surface area (Å²) in [6.07, 6.45) is 4.82. The molecule has 1 aromatic heterocycles. The second kappa shape index (κ2) is 11.4. The van der Waals surface area contributed by atoms with Crippen LogP contribution < -0.4 is 4.74 Å². The van der Waals surface area contributed by atoms with Crippen molar-refractivity contribution in [2.75, 3.05) is 26.3 Å². The number of carbonyl (C=O) groups excluding carboxylic acids is 1. The topological polar surface area (TPSA) is 96.8 Å². The van der Waals surface area contributed by atoms with E-state index in [1.165, 1.54) is 22.6 Å². The Morgan fingerprint density at radius 3 is 2.66 bits per heavy atom. The number of ketones is 1. The number of aliphatic hydroxyl groups excluding tert-OH is 1. The highest BCUT2D eigenvalue weighted by molar-refractivity contribution is 7.89. The fraction of sp³-hybridized carbons (Fsp3) is 0.600. The van der Waals surface area contributed by atoms with E-state index in [0.717, 1.165) is 0 Å². The number of nitrogens with zero attached hydrogens (tertiary/aromatic N) is 2. The number of Topliss-reactive ketones (excluding diaryl/α,β-unsaturated/α-hetero) is 1. The lowest BCUT2D eigenvalue weighted by Crippen LogP contribution is -2.38. The Kier molecular flexibility index (Phi) is 9.19. The lowest BCUT2D eigenvalue weighted by Gasteiger charge is -2.30. The van der Waals surface area contributed by atoms with E-state index in [1.54, 1.807) is 0 Å². The normalized spacial score (nSPS) is 16.7. The van der Waals surface area contributed by atoms with Crippen molar-refractivity contribution in [1.29, 1.82) is 0 Å². The fourth-order valence-corrected chi connectivity index (χ4v) is 4.60. The van der Waals surface area contributed by atoms with E-state index in [2.05, 4.69) is 4.98 Å². The second-order valence-corrected chi connectivity index (χ2v) is 9.10. The monoisotopic (exact) mass is 428 g/mol. The highest BCUT2D eigenvalue weighted by Gasteiger charge is 2.30. The molecule has 2 heterocycles. The Balaban J connectivity index is 1.90. The van der Waals surface area contributed by atoms with Crippen molar-refractivity contribution >= 4 is 15.8 Å². The third kappa shape index (κ3) is 6.87. The zero-order chi connectivity index (χ0) is 21.3. The van der Waals surface area contributed by atoms with Crippen molar-refractivity contribution in [3.63, 3.8) is 0 Å². The summed E-state index contributed by atoms with van der Waals surface area (Å²) in [5.41, 5.74) is 0.487. The number of aromatic nitrogens is 1. The molecule has 1 saturated heterocycles. The largest absolute Gasteiger partial charge is 0.473 e. The number of piperidine rings is 1. The summed E-state index contributed by atoms with van der Waals surface area (Å²) in [5, 5.41) is 8.79. The van der Waals surface area contributed by atoms with E-state index in [0.29, 0.717) is 63.5 Å². The van der Waals surface area contributed by atoms with Gasteiger partial charge in [-0.15, -0.1) is 0 Å². The van der Waals surface area contributed by atoms with E-state index < -0.39 is 10.0 Å². The maximum atomic E-state index is 12.8. The molecule has 0 saturated carbocycles. The van der Waals surface area contributed by atoms with Crippen LogP contribution in [0.3, 0.4) is 0 Å². The average Bonchev–Trinajstić information content (AvgIpc) is 2.73. The van der Waals surface area contributed by atoms with Crippen molar-refractivity contribution in [1.82, 2.24) is 9.29 Å². The van der Waals surface area contributed by atoms with Gasteiger partial charge in [-0.2, -0.15) is 4.31 Å². The molecule has 1 aliphatic rings. The molecule has 0 aromatic carbocycles. The van der Waals surface area contributed by atoms with Crippen molar-refractivity contribution in [3.8, 4) is 5.88 Å². The number of aliphatic hydroxyl groups is 1. The zero-order valence-electron chi connectivity index (χ0n) is 16.7. The van der Waals surface area contributed by atoms with Crippen LogP contribution in [0.15, 0.2) is 35.1 Å². The Hall–Kier alpha value is -1.84. The lowest BCUT2D eigenvalue weighted by molar-refractivity contribution is -0.120. The molecule has 7 nitrogen and oxygen atoms in total. The van der Waals surface area contributed by atoms with Crippen molar-refractivity contribution < 1.29 is 27.4 Å². The molecular formula is C20H29FN2O5S. The average molecular weight is 429 g/mol. The number of hydrogen-bond donors (Lipinski definition) is 1. The summed E-state index contributed by atoms with van der Waals surface area (Å²) in [6.45, 7) is 2.61. The van der Waals surface area contributed by atoms with Crippen LogP contribution >= 0.6 is 0 Å². The van der Waals surface area contributed by atoms with Crippen LogP contribution in [0.25, 0.3) is 0 Å². The number of pyridine rings is 1. The van der Waals surface area contributed by atoms with Gasteiger partial charge in [-0.1, -0.05) is 6.92 Å². The summed E-state index contributed by atoms with van der Waals surface area (Å²) < 4.78 is 45.0. The first-order chi connectivity index (χ1) is 13.9. The Morgan fingerprint density at radius 1 is 1.38 bits per heavy atom. The minimum atomic E-state index is -3.66. The van der Waals surface area contributed by atoms with Crippen LogP contribution in [0.2, 0.25) is 0 Å². The van der Waals surface area contributed by atoms with Gasteiger partial charge in [-0.05, 0) is 43.2 Å². The fourth-order valence-electron chi connectivity index (χ4n) is 3.19. The molecule has 0 radical (unpaired) electrons. The van der Waals surface area contributed by atoms with Gasteiger partial charge in [-0.3, -0.25) is 4.79 Å². The SMILES string of the molecule is CC/C(=C/F)COc1ccc(S(=O)(=O)N2CCC(CC(=O)CCCO)CC2)cn1. The van der Waals surface area contributed by atoms with Crippen LogP contribution in [0.4, 0.5) is 4.39 Å². The van der Waals surface area contributed by atoms with E-state index in [1.807, 2.05) is 6.92 Å². The predicted molar refractivity (Wildman–Crippen MR) is 107 cm³/mol. The summed E-state index contributed by atoms with van der Waals surface area (Å²) >= 11 is 0. The van der Waals surface area contributed by atoms with Crippen molar-refractivity contribution in [2.24, 2.45) is 5.92 Å². The maximum Gasteiger partial charge on any atom is 0.244 e. The highest BCUT2D eigenvalue weighted by Crippen LogP contribution is 2.26. The molecule has 0 atom stereocenters. The first kappa shape index (κ1) is 23.4. The Labute approximate surface area is 171 Å². The highest BCUT2D eigenvalue weighted by atomic mass is 32.2. The number of sulfonamides is 1. The van der Waals surface area contributed by atoms with E-state index >= 15 is 0 Å². The molecule has 0 unspecified atom stereocenters. The minimum absolute atomic E-state index is 0.00656. The number of halogens is 1. The van der Waals surface area contributed by atoms with Crippen molar-refractivity contribution in [3.05, 3.63) is 30.2 Å². The number of rotatable bonds is 11. The van der Waals surface area contributed by atoms with Gasteiger partial charge in [0.15, 0.2) is 0 Å². The molecule has 0 aliphatic carbocycles.